The molecule has 208 valence electrons. The minimum absolute atomic E-state index is 0.137. The Morgan fingerprint density at radius 2 is 1.79 bits per heavy atom. The molecule has 0 radical (unpaired) electrons. The number of aryl methyl sites for hydroxylation is 3. The van der Waals surface area contributed by atoms with Crippen LogP contribution in [0.15, 0.2) is 52.7 Å². The molecule has 1 fully saturated rings. The monoisotopic (exact) mass is 570 g/mol. The maximum Gasteiger partial charge on any atom is 0.244 e. The van der Waals surface area contributed by atoms with E-state index in [4.69, 9.17) is 14.2 Å². The van der Waals surface area contributed by atoms with Crippen LogP contribution in [0, 0.1) is 20.8 Å². The molecule has 1 aromatic heterocycles. The van der Waals surface area contributed by atoms with Gasteiger partial charge in [0.1, 0.15) is 0 Å². The number of nitrogens with zero attached hydrogens (tertiary/aromatic N) is 2. The van der Waals surface area contributed by atoms with Gasteiger partial charge in [0, 0.05) is 24.6 Å². The number of carbonyl (C=O) groups excluding carboxylic acids is 1. The lowest BCUT2D eigenvalue weighted by atomic mass is 10.1. The molecule has 39 heavy (non-hydrogen) atoms. The largest absolute Gasteiger partial charge is 0.454 e. The highest BCUT2D eigenvalue weighted by molar-refractivity contribution is 7.89. The Balaban J connectivity index is 1.44. The number of benzene rings is 2. The number of hydrogen-bond donors (Lipinski definition) is 0. The smallest absolute Gasteiger partial charge is 0.244 e. The lowest BCUT2D eigenvalue weighted by molar-refractivity contribution is -0.132. The SMILES string of the molecule is Cc1cc(C)c(S(=O)(=O)N(CC(=O)N(Cc2ccc3c(c2)OCO3)Cc2cccs2)CC2CCCO2)c(C)c1. The number of carbonyl (C=O) groups is 1. The number of rotatable bonds is 10. The van der Waals surface area contributed by atoms with Gasteiger partial charge in [-0.15, -0.1) is 11.3 Å². The van der Waals surface area contributed by atoms with Crippen LogP contribution >= 0.6 is 11.3 Å². The Kier molecular flexibility index (Phi) is 8.27. The normalized spacial score (nSPS) is 16.7. The van der Waals surface area contributed by atoms with Gasteiger partial charge in [-0.1, -0.05) is 29.8 Å². The van der Waals surface area contributed by atoms with Crippen LogP contribution in [0.4, 0.5) is 0 Å². The van der Waals surface area contributed by atoms with Crippen LogP contribution in [0.1, 0.15) is 40.0 Å². The van der Waals surface area contributed by atoms with E-state index < -0.39 is 10.0 Å². The van der Waals surface area contributed by atoms with Crippen LogP contribution in [0.3, 0.4) is 0 Å². The maximum atomic E-state index is 14.1. The summed E-state index contributed by atoms with van der Waals surface area (Å²) < 4.78 is 46.3. The molecule has 1 atom stereocenters. The van der Waals surface area contributed by atoms with E-state index in [0.29, 0.717) is 42.3 Å². The Hall–Kier alpha value is -2.92. The lowest BCUT2D eigenvalue weighted by Gasteiger charge is -2.29. The van der Waals surface area contributed by atoms with E-state index in [1.54, 1.807) is 16.2 Å². The van der Waals surface area contributed by atoms with E-state index in [2.05, 4.69) is 0 Å². The first-order chi connectivity index (χ1) is 18.7. The molecule has 2 aromatic carbocycles. The third kappa shape index (κ3) is 6.30. The summed E-state index contributed by atoms with van der Waals surface area (Å²) in [6.07, 6.45) is 1.41. The Morgan fingerprint density at radius 3 is 2.49 bits per heavy atom. The first-order valence-corrected chi connectivity index (χ1v) is 15.4. The molecule has 1 amide bonds. The Morgan fingerprint density at radius 1 is 1.03 bits per heavy atom. The summed E-state index contributed by atoms with van der Waals surface area (Å²) in [6, 6.07) is 13.3. The fourth-order valence-electron chi connectivity index (χ4n) is 5.30. The van der Waals surface area contributed by atoms with Gasteiger partial charge in [0.25, 0.3) is 0 Å². The van der Waals surface area contributed by atoms with Crippen LogP contribution in [-0.2, 0) is 32.6 Å². The molecule has 3 heterocycles. The third-order valence-electron chi connectivity index (χ3n) is 7.04. The minimum Gasteiger partial charge on any atom is -0.454 e. The maximum absolute atomic E-state index is 14.1. The van der Waals surface area contributed by atoms with Crippen molar-refractivity contribution in [3.8, 4) is 11.5 Å². The molecule has 10 heteroatoms. The zero-order chi connectivity index (χ0) is 27.6. The summed E-state index contributed by atoms with van der Waals surface area (Å²) in [7, 11) is -3.97. The van der Waals surface area contributed by atoms with Gasteiger partial charge in [0.05, 0.1) is 24.1 Å². The topological polar surface area (TPSA) is 85.4 Å². The predicted molar refractivity (Wildman–Crippen MR) is 150 cm³/mol. The highest BCUT2D eigenvalue weighted by atomic mass is 32.2. The van der Waals surface area contributed by atoms with Crippen molar-refractivity contribution < 1.29 is 27.4 Å². The van der Waals surface area contributed by atoms with Crippen molar-refractivity contribution in [2.75, 3.05) is 26.5 Å². The van der Waals surface area contributed by atoms with E-state index >= 15 is 0 Å². The predicted octanol–water partition coefficient (Wildman–Crippen LogP) is 4.80. The molecule has 0 N–H and O–H groups in total. The molecule has 0 bridgehead atoms. The zero-order valence-electron chi connectivity index (χ0n) is 22.5. The van der Waals surface area contributed by atoms with E-state index in [1.165, 1.54) is 4.31 Å². The summed E-state index contributed by atoms with van der Waals surface area (Å²) in [5.74, 6) is 1.04. The molecule has 2 aliphatic heterocycles. The van der Waals surface area contributed by atoms with Crippen LogP contribution in [0.25, 0.3) is 0 Å². The van der Waals surface area contributed by atoms with Crippen LogP contribution in [0.5, 0.6) is 11.5 Å². The minimum atomic E-state index is -3.97. The summed E-state index contributed by atoms with van der Waals surface area (Å²) >= 11 is 1.56. The lowest BCUT2D eigenvalue weighted by Crippen LogP contribution is -2.45. The molecule has 1 saturated heterocycles. The first-order valence-electron chi connectivity index (χ1n) is 13.1. The van der Waals surface area contributed by atoms with Gasteiger partial charge in [-0.05, 0) is 73.9 Å². The van der Waals surface area contributed by atoms with Gasteiger partial charge in [-0.2, -0.15) is 4.31 Å². The standard InChI is InChI=1S/C29H34N2O6S2/c1-20-12-21(2)29(22(3)13-20)39(33,34)31(16-24-6-4-10-35-24)18-28(32)30(17-25-7-5-11-38-25)15-23-8-9-26-27(14-23)37-19-36-26/h5,7-9,11-14,24H,4,6,10,15-19H2,1-3H3. The molecule has 2 aliphatic rings. The van der Waals surface area contributed by atoms with Crippen molar-refractivity contribution in [1.82, 2.24) is 9.21 Å². The van der Waals surface area contributed by atoms with Gasteiger partial charge in [-0.25, -0.2) is 8.42 Å². The van der Waals surface area contributed by atoms with Gasteiger partial charge in [0.2, 0.25) is 22.7 Å². The van der Waals surface area contributed by atoms with Crippen molar-refractivity contribution in [3.63, 3.8) is 0 Å². The van der Waals surface area contributed by atoms with Gasteiger partial charge in [0.15, 0.2) is 11.5 Å². The number of sulfonamides is 1. The molecular formula is C29H34N2O6S2. The van der Waals surface area contributed by atoms with Crippen LogP contribution in [-0.4, -0.2) is 56.1 Å². The molecule has 0 aliphatic carbocycles. The third-order valence-corrected chi connectivity index (χ3v) is 10.0. The van der Waals surface area contributed by atoms with Gasteiger partial charge in [-0.3, -0.25) is 4.79 Å². The van der Waals surface area contributed by atoms with Crippen molar-refractivity contribution in [3.05, 3.63) is 75.0 Å². The molecule has 8 nitrogen and oxygen atoms in total. The molecule has 3 aromatic rings. The summed E-state index contributed by atoms with van der Waals surface area (Å²) in [5, 5.41) is 1.97. The quantitative estimate of drug-likeness (QED) is 0.348. The van der Waals surface area contributed by atoms with E-state index in [1.807, 2.05) is 68.6 Å². The number of ether oxygens (including phenoxy) is 3. The Bertz CT molecular complexity index is 1410. The zero-order valence-corrected chi connectivity index (χ0v) is 24.1. The van der Waals surface area contributed by atoms with E-state index in [0.717, 1.165) is 28.8 Å². The fourth-order valence-corrected chi connectivity index (χ4v) is 7.85. The van der Waals surface area contributed by atoms with Crippen molar-refractivity contribution in [2.24, 2.45) is 0 Å². The van der Waals surface area contributed by atoms with Gasteiger partial charge < -0.3 is 19.1 Å². The summed E-state index contributed by atoms with van der Waals surface area (Å²) in [6.45, 7) is 6.88. The van der Waals surface area contributed by atoms with Gasteiger partial charge >= 0.3 is 0 Å². The highest BCUT2D eigenvalue weighted by Crippen LogP contribution is 2.33. The Labute approximate surface area is 234 Å². The average molecular weight is 571 g/mol. The van der Waals surface area contributed by atoms with E-state index in [-0.39, 0.29) is 36.8 Å². The second-order valence-electron chi connectivity index (χ2n) is 10.2. The number of thiophene rings is 1. The number of amides is 1. The van der Waals surface area contributed by atoms with Crippen LogP contribution in [0.2, 0.25) is 0 Å². The fraction of sp³-hybridized carbons (Fsp3) is 0.414. The molecular weight excluding hydrogens is 536 g/mol. The number of fused-ring (bicyclic) bond motifs is 1. The molecule has 0 saturated carbocycles. The average Bonchev–Trinajstić information content (AvgIpc) is 3.65. The van der Waals surface area contributed by atoms with Crippen molar-refractivity contribution >= 4 is 27.3 Å². The van der Waals surface area contributed by atoms with Crippen molar-refractivity contribution in [1.29, 1.82) is 0 Å². The number of hydrogen-bond acceptors (Lipinski definition) is 7. The van der Waals surface area contributed by atoms with E-state index in [9.17, 15) is 13.2 Å². The second-order valence-corrected chi connectivity index (χ2v) is 13.1. The van der Waals surface area contributed by atoms with Crippen LogP contribution < -0.4 is 9.47 Å². The highest BCUT2D eigenvalue weighted by Gasteiger charge is 2.34. The second kappa shape index (κ2) is 11.7. The summed E-state index contributed by atoms with van der Waals surface area (Å²) in [5.41, 5.74) is 3.22. The van der Waals surface area contributed by atoms with Crippen molar-refractivity contribution in [2.45, 2.75) is 57.7 Å². The summed E-state index contributed by atoms with van der Waals surface area (Å²) in [4.78, 5) is 16.9. The molecule has 1 unspecified atom stereocenters. The molecule has 0 spiro atoms. The molecule has 5 rings (SSSR count). The first kappa shape index (κ1) is 27.6.